The summed E-state index contributed by atoms with van der Waals surface area (Å²) < 4.78 is 8.51. The highest BCUT2D eigenvalue weighted by Gasteiger charge is 2.16. The molecule has 0 aliphatic heterocycles. The maximum absolute atomic E-state index is 6.17. The van der Waals surface area contributed by atoms with E-state index in [0.29, 0.717) is 11.7 Å². The summed E-state index contributed by atoms with van der Waals surface area (Å²) in [6.45, 7) is 0. The fraction of sp³-hybridized carbons (Fsp3) is 0. The summed E-state index contributed by atoms with van der Waals surface area (Å²) >= 11 is 0. The number of rotatable bonds is 6. The van der Waals surface area contributed by atoms with Gasteiger partial charge in [0.1, 0.15) is 5.52 Å². The van der Waals surface area contributed by atoms with Gasteiger partial charge in [-0.1, -0.05) is 133 Å². The summed E-state index contributed by atoms with van der Waals surface area (Å²) in [5.41, 5.74) is 13.1. The van der Waals surface area contributed by atoms with Gasteiger partial charge in [-0.3, -0.25) is 0 Å². The topological polar surface area (TPSA) is 56.7 Å². The van der Waals surface area contributed by atoms with Gasteiger partial charge in [-0.05, 0) is 82.6 Å². The molecule has 0 unspecified atom stereocenters. The maximum atomic E-state index is 6.17. The van der Waals surface area contributed by atoms with Crippen molar-refractivity contribution in [2.45, 2.75) is 0 Å². The normalized spacial score (nSPS) is 11.6. The minimum atomic E-state index is 0.618. The highest BCUT2D eigenvalue weighted by atomic mass is 16.3. The molecule has 5 heteroatoms. The summed E-state index contributed by atoms with van der Waals surface area (Å²) in [6, 6.07) is 67.7. The van der Waals surface area contributed by atoms with Gasteiger partial charge >= 0.3 is 0 Å². The van der Waals surface area contributed by atoms with Crippen LogP contribution in [0.5, 0.6) is 0 Å². The van der Waals surface area contributed by atoms with E-state index in [9.17, 15) is 0 Å². The molecule has 0 aliphatic rings. The molecule has 8 aromatic carbocycles. The third-order valence-corrected chi connectivity index (χ3v) is 10.6. The van der Waals surface area contributed by atoms with E-state index in [-0.39, 0.29) is 0 Å². The van der Waals surface area contributed by atoms with Gasteiger partial charge in [0.05, 0.1) is 22.4 Å². The first-order valence-corrected chi connectivity index (χ1v) is 18.8. The first-order valence-electron chi connectivity index (χ1n) is 18.8. The highest BCUT2D eigenvalue weighted by Crippen LogP contribution is 2.37. The zero-order valence-electron chi connectivity index (χ0n) is 30.2. The Morgan fingerprint density at radius 3 is 1.80 bits per heavy atom. The quantitative estimate of drug-likeness (QED) is 0.172. The lowest BCUT2D eigenvalue weighted by Crippen LogP contribution is -1.96. The summed E-state index contributed by atoms with van der Waals surface area (Å²) in [5.74, 6) is 1.33. The van der Waals surface area contributed by atoms with Gasteiger partial charge in [0, 0.05) is 38.7 Å². The minimum absolute atomic E-state index is 0.618. The molecule has 0 aliphatic carbocycles. The van der Waals surface area contributed by atoms with Crippen LogP contribution in [0.3, 0.4) is 0 Å². The molecule has 3 aromatic heterocycles. The number of hydrogen-bond acceptors (Lipinski definition) is 4. The molecule has 0 fully saturated rings. The van der Waals surface area contributed by atoms with Crippen LogP contribution in [0.4, 0.5) is 0 Å². The molecular formula is C51H32N4O. The molecule has 11 rings (SSSR count). The second kappa shape index (κ2) is 13.0. The number of fused-ring (bicyclic) bond motifs is 5. The van der Waals surface area contributed by atoms with Gasteiger partial charge in [0.2, 0.25) is 5.89 Å². The van der Waals surface area contributed by atoms with Crippen LogP contribution in [-0.4, -0.2) is 19.5 Å². The molecular weight excluding hydrogens is 685 g/mol. The maximum Gasteiger partial charge on any atom is 0.227 e. The summed E-state index contributed by atoms with van der Waals surface area (Å²) in [7, 11) is 0. The Morgan fingerprint density at radius 2 is 1.00 bits per heavy atom. The van der Waals surface area contributed by atoms with E-state index < -0.39 is 0 Å². The van der Waals surface area contributed by atoms with Gasteiger partial charge in [0.15, 0.2) is 11.4 Å². The van der Waals surface area contributed by atoms with Crippen molar-refractivity contribution in [2.24, 2.45) is 0 Å². The van der Waals surface area contributed by atoms with Crippen molar-refractivity contribution < 1.29 is 4.42 Å². The molecule has 0 spiro atoms. The van der Waals surface area contributed by atoms with Crippen LogP contribution in [0.2, 0.25) is 0 Å². The van der Waals surface area contributed by atoms with Gasteiger partial charge < -0.3 is 8.98 Å². The fourth-order valence-corrected chi connectivity index (χ4v) is 7.83. The molecule has 262 valence electrons. The van der Waals surface area contributed by atoms with E-state index in [1.54, 1.807) is 0 Å². The highest BCUT2D eigenvalue weighted by molar-refractivity contribution is 6.10. The third kappa shape index (κ3) is 5.53. The van der Waals surface area contributed by atoms with Crippen molar-refractivity contribution in [1.29, 1.82) is 0 Å². The monoisotopic (exact) mass is 716 g/mol. The molecule has 0 radical (unpaired) electrons. The summed E-state index contributed by atoms with van der Waals surface area (Å²) in [6.07, 6.45) is 0. The molecule has 0 atom stereocenters. The van der Waals surface area contributed by atoms with Gasteiger partial charge in [0.25, 0.3) is 0 Å². The molecule has 0 amide bonds. The van der Waals surface area contributed by atoms with E-state index in [0.717, 1.165) is 78.0 Å². The van der Waals surface area contributed by atoms with Crippen LogP contribution >= 0.6 is 0 Å². The van der Waals surface area contributed by atoms with E-state index in [4.69, 9.17) is 19.4 Å². The van der Waals surface area contributed by atoms with Crippen molar-refractivity contribution in [1.82, 2.24) is 19.5 Å². The van der Waals surface area contributed by atoms with Crippen LogP contribution in [-0.2, 0) is 0 Å². The molecule has 11 aromatic rings. The average Bonchev–Trinajstić information content (AvgIpc) is 3.86. The standard InChI is InChI=1S/C51H32N4O/c1-3-11-35(12-4-1)45-32-46(53-50(52-45)36-13-5-2-6-14-36)38-22-20-34-19-21-37(29-40(34)30-38)33-23-26-41(27-24-33)55-47-17-9-7-15-42(47)43-28-25-39(31-48(43)55)51-54-44-16-8-10-18-49(44)56-51/h1-32H. The average molecular weight is 717 g/mol. The zero-order valence-corrected chi connectivity index (χ0v) is 30.2. The Balaban J connectivity index is 0.973. The molecule has 0 saturated carbocycles. The minimum Gasteiger partial charge on any atom is -0.436 e. The van der Waals surface area contributed by atoms with E-state index in [1.165, 1.54) is 16.2 Å². The molecule has 3 heterocycles. The number of para-hydroxylation sites is 3. The fourth-order valence-electron chi connectivity index (χ4n) is 7.83. The lowest BCUT2D eigenvalue weighted by molar-refractivity contribution is 0.620. The Bertz CT molecular complexity index is 3150. The van der Waals surface area contributed by atoms with Crippen LogP contribution in [0, 0.1) is 0 Å². The number of aromatic nitrogens is 4. The summed E-state index contributed by atoms with van der Waals surface area (Å²) in [4.78, 5) is 14.8. The Labute approximate surface area is 322 Å². The first kappa shape index (κ1) is 31.9. The molecule has 5 nitrogen and oxygen atoms in total. The first-order chi connectivity index (χ1) is 27.7. The number of benzene rings is 8. The SMILES string of the molecule is c1ccc(-c2cc(-c3ccc4ccc(-c5ccc(-n6c7ccccc7c7ccc(-c8nc9ccccc9o8)cc76)cc5)cc4c3)nc(-c3ccccc3)n2)cc1. The molecule has 0 N–H and O–H groups in total. The zero-order chi connectivity index (χ0) is 37.0. The van der Waals surface area contributed by atoms with Crippen LogP contribution in [0.15, 0.2) is 199 Å². The van der Waals surface area contributed by atoms with E-state index in [2.05, 4.69) is 138 Å². The number of oxazole rings is 1. The van der Waals surface area contributed by atoms with Gasteiger partial charge in [-0.25, -0.2) is 15.0 Å². The van der Waals surface area contributed by atoms with Crippen molar-refractivity contribution in [3.8, 4) is 62.2 Å². The van der Waals surface area contributed by atoms with Crippen molar-refractivity contribution in [3.05, 3.63) is 194 Å². The Hall–Kier alpha value is -7.63. The second-order valence-corrected chi connectivity index (χ2v) is 14.1. The Kier molecular flexibility index (Phi) is 7.42. The summed E-state index contributed by atoms with van der Waals surface area (Å²) in [5, 5.41) is 4.72. The lowest BCUT2D eigenvalue weighted by atomic mass is 9.98. The lowest BCUT2D eigenvalue weighted by Gasteiger charge is -2.11. The van der Waals surface area contributed by atoms with Gasteiger partial charge in [-0.2, -0.15) is 0 Å². The van der Waals surface area contributed by atoms with Crippen LogP contribution in [0.25, 0.3) is 106 Å². The predicted octanol–water partition coefficient (Wildman–Crippen LogP) is 13.2. The second-order valence-electron chi connectivity index (χ2n) is 14.1. The van der Waals surface area contributed by atoms with E-state index >= 15 is 0 Å². The smallest absolute Gasteiger partial charge is 0.227 e. The van der Waals surface area contributed by atoms with Gasteiger partial charge in [-0.15, -0.1) is 0 Å². The number of nitrogens with zero attached hydrogens (tertiary/aromatic N) is 4. The molecule has 56 heavy (non-hydrogen) atoms. The molecule has 0 saturated heterocycles. The third-order valence-electron chi connectivity index (χ3n) is 10.6. The van der Waals surface area contributed by atoms with Crippen LogP contribution < -0.4 is 0 Å². The van der Waals surface area contributed by atoms with Crippen molar-refractivity contribution in [2.75, 3.05) is 0 Å². The van der Waals surface area contributed by atoms with Crippen molar-refractivity contribution in [3.63, 3.8) is 0 Å². The Morgan fingerprint density at radius 1 is 0.375 bits per heavy atom. The molecule has 0 bridgehead atoms. The number of hydrogen-bond donors (Lipinski definition) is 0. The van der Waals surface area contributed by atoms with E-state index in [1.807, 2.05) is 60.7 Å². The van der Waals surface area contributed by atoms with Crippen LogP contribution in [0.1, 0.15) is 0 Å². The van der Waals surface area contributed by atoms with Crippen molar-refractivity contribution >= 4 is 43.7 Å². The predicted molar refractivity (Wildman–Crippen MR) is 229 cm³/mol. The largest absolute Gasteiger partial charge is 0.436 e.